The van der Waals surface area contributed by atoms with Crippen molar-refractivity contribution in [3.8, 4) is 0 Å². The number of amides is 2. The summed E-state index contributed by atoms with van der Waals surface area (Å²) >= 11 is 0. The number of carbonyl (C=O) groups is 2. The number of piperidine rings is 1. The molecule has 0 aromatic heterocycles. The fourth-order valence-electron chi connectivity index (χ4n) is 4.43. The van der Waals surface area contributed by atoms with Crippen LogP contribution in [0.5, 0.6) is 0 Å². The van der Waals surface area contributed by atoms with E-state index in [1.165, 1.54) is 19.3 Å². The summed E-state index contributed by atoms with van der Waals surface area (Å²) in [5.74, 6) is 0.0322. The average molecular weight is 358 g/mol. The number of hydrogen-bond donors (Lipinski definition) is 1. The maximum atomic E-state index is 12.9. The van der Waals surface area contributed by atoms with Gasteiger partial charge in [-0.1, -0.05) is 49.6 Å². The third-order valence-electron chi connectivity index (χ3n) is 5.69. The van der Waals surface area contributed by atoms with E-state index < -0.39 is 0 Å². The summed E-state index contributed by atoms with van der Waals surface area (Å²) in [6, 6.07) is 10.2. The molecule has 0 radical (unpaired) electrons. The monoisotopic (exact) mass is 358 g/mol. The SMILES string of the molecule is COCCNC(=O)[C@@H]1CCC(=O)N(C2CCCCC2)[C@H]1c1ccccc1. The molecule has 2 fully saturated rings. The molecule has 0 unspecified atom stereocenters. The normalized spacial score (nSPS) is 24.5. The van der Waals surface area contributed by atoms with Crippen LogP contribution in [0.15, 0.2) is 30.3 Å². The van der Waals surface area contributed by atoms with E-state index in [1.54, 1.807) is 7.11 Å². The molecule has 1 saturated carbocycles. The number of rotatable bonds is 6. The third-order valence-corrected chi connectivity index (χ3v) is 5.69. The molecule has 1 heterocycles. The predicted octanol–water partition coefficient (Wildman–Crippen LogP) is 3.06. The quantitative estimate of drug-likeness (QED) is 0.795. The second-order valence-corrected chi connectivity index (χ2v) is 7.38. The van der Waals surface area contributed by atoms with Crippen molar-refractivity contribution < 1.29 is 14.3 Å². The van der Waals surface area contributed by atoms with Crippen molar-refractivity contribution in [2.45, 2.75) is 57.0 Å². The smallest absolute Gasteiger partial charge is 0.225 e. The van der Waals surface area contributed by atoms with E-state index in [9.17, 15) is 9.59 Å². The average Bonchev–Trinajstić information content (AvgIpc) is 2.69. The molecule has 1 aromatic rings. The standard InChI is InChI=1S/C21H30N2O3/c1-26-15-14-22-21(25)18-12-13-19(24)23(17-10-6-3-7-11-17)20(18)16-8-4-2-5-9-16/h2,4-5,8-9,17-18,20H,3,6-7,10-15H2,1H3,(H,22,25)/t18-,20+/m1/s1. The first-order valence-corrected chi connectivity index (χ1v) is 9.85. The minimum Gasteiger partial charge on any atom is -0.383 e. The summed E-state index contributed by atoms with van der Waals surface area (Å²) < 4.78 is 5.05. The molecule has 5 nitrogen and oxygen atoms in total. The number of carbonyl (C=O) groups excluding carboxylic acids is 2. The predicted molar refractivity (Wildman–Crippen MR) is 101 cm³/mol. The molecule has 1 aromatic carbocycles. The Morgan fingerprint density at radius 3 is 2.58 bits per heavy atom. The minimum absolute atomic E-state index is 0.0317. The molecule has 2 aliphatic rings. The second kappa shape index (κ2) is 9.17. The first-order valence-electron chi connectivity index (χ1n) is 9.85. The zero-order valence-corrected chi connectivity index (χ0v) is 15.7. The molecule has 1 saturated heterocycles. The molecular formula is C21H30N2O3. The van der Waals surface area contributed by atoms with E-state index in [4.69, 9.17) is 4.74 Å². The van der Waals surface area contributed by atoms with Gasteiger partial charge in [-0.25, -0.2) is 0 Å². The largest absolute Gasteiger partial charge is 0.383 e. The highest BCUT2D eigenvalue weighted by atomic mass is 16.5. The molecule has 1 N–H and O–H groups in total. The van der Waals surface area contributed by atoms with Crippen molar-refractivity contribution in [1.29, 1.82) is 0 Å². The maximum absolute atomic E-state index is 12.9. The lowest BCUT2D eigenvalue weighted by molar-refractivity contribution is -0.147. The summed E-state index contributed by atoms with van der Waals surface area (Å²) in [5.41, 5.74) is 1.07. The summed E-state index contributed by atoms with van der Waals surface area (Å²) in [6.07, 6.45) is 6.75. The Morgan fingerprint density at radius 2 is 1.88 bits per heavy atom. The third kappa shape index (κ3) is 4.26. The highest BCUT2D eigenvalue weighted by Gasteiger charge is 2.43. The summed E-state index contributed by atoms with van der Waals surface area (Å²) in [5, 5.41) is 2.99. The Hall–Kier alpha value is -1.88. The van der Waals surface area contributed by atoms with Crippen LogP contribution >= 0.6 is 0 Å². The summed E-state index contributed by atoms with van der Waals surface area (Å²) in [4.78, 5) is 27.8. The van der Waals surface area contributed by atoms with E-state index in [0.717, 1.165) is 18.4 Å². The molecule has 5 heteroatoms. The number of nitrogens with zero attached hydrogens (tertiary/aromatic N) is 1. The number of benzene rings is 1. The first-order chi connectivity index (χ1) is 12.7. The molecule has 1 aliphatic heterocycles. The van der Waals surface area contributed by atoms with Crippen LogP contribution in [0.2, 0.25) is 0 Å². The number of nitrogens with one attached hydrogen (secondary N) is 1. The first kappa shape index (κ1) is 18.9. The molecule has 142 valence electrons. The van der Waals surface area contributed by atoms with Crippen molar-refractivity contribution in [1.82, 2.24) is 10.2 Å². The molecule has 2 atom stereocenters. The number of likely N-dealkylation sites (tertiary alicyclic amines) is 1. The zero-order chi connectivity index (χ0) is 18.4. The van der Waals surface area contributed by atoms with Gasteiger partial charge in [0.2, 0.25) is 11.8 Å². The van der Waals surface area contributed by atoms with Crippen molar-refractivity contribution in [3.05, 3.63) is 35.9 Å². The van der Waals surface area contributed by atoms with Crippen molar-refractivity contribution >= 4 is 11.8 Å². The Bertz CT molecular complexity index is 599. The van der Waals surface area contributed by atoms with Crippen LogP contribution in [-0.4, -0.2) is 43.0 Å². The lowest BCUT2D eigenvalue weighted by Crippen LogP contribution is -2.52. The van der Waals surface area contributed by atoms with Crippen LogP contribution < -0.4 is 5.32 Å². The van der Waals surface area contributed by atoms with Gasteiger partial charge in [-0.05, 0) is 24.8 Å². The van der Waals surface area contributed by atoms with Gasteiger partial charge in [-0.3, -0.25) is 9.59 Å². The van der Waals surface area contributed by atoms with Gasteiger partial charge in [0.25, 0.3) is 0 Å². The molecular weight excluding hydrogens is 328 g/mol. The van der Waals surface area contributed by atoms with Crippen LogP contribution in [0.1, 0.15) is 56.6 Å². The molecule has 0 bridgehead atoms. The maximum Gasteiger partial charge on any atom is 0.225 e. The second-order valence-electron chi connectivity index (χ2n) is 7.38. The minimum atomic E-state index is -0.200. The van der Waals surface area contributed by atoms with E-state index >= 15 is 0 Å². The Kier molecular flexibility index (Phi) is 6.67. The highest BCUT2D eigenvalue weighted by Crippen LogP contribution is 2.41. The van der Waals surface area contributed by atoms with Gasteiger partial charge in [0, 0.05) is 26.1 Å². The molecule has 0 spiro atoms. The molecule has 2 amide bonds. The van der Waals surface area contributed by atoms with Crippen LogP contribution in [0.3, 0.4) is 0 Å². The van der Waals surface area contributed by atoms with E-state index in [2.05, 4.69) is 22.3 Å². The van der Waals surface area contributed by atoms with E-state index in [0.29, 0.717) is 26.0 Å². The van der Waals surface area contributed by atoms with Crippen molar-refractivity contribution in [3.63, 3.8) is 0 Å². The van der Waals surface area contributed by atoms with Gasteiger partial charge in [0.1, 0.15) is 0 Å². The van der Waals surface area contributed by atoms with Gasteiger partial charge in [-0.15, -0.1) is 0 Å². The topological polar surface area (TPSA) is 58.6 Å². The number of methoxy groups -OCH3 is 1. The summed E-state index contributed by atoms with van der Waals surface area (Å²) in [6.45, 7) is 1.00. The fraction of sp³-hybridized carbons (Fsp3) is 0.619. The van der Waals surface area contributed by atoms with Gasteiger partial charge in [0.15, 0.2) is 0 Å². The zero-order valence-electron chi connectivity index (χ0n) is 15.7. The van der Waals surface area contributed by atoms with E-state index in [1.807, 2.05) is 18.2 Å². The number of hydrogen-bond acceptors (Lipinski definition) is 3. The van der Waals surface area contributed by atoms with Crippen LogP contribution in [0.4, 0.5) is 0 Å². The lowest BCUT2D eigenvalue weighted by Gasteiger charge is -2.46. The Balaban J connectivity index is 1.87. The lowest BCUT2D eigenvalue weighted by atomic mass is 9.80. The van der Waals surface area contributed by atoms with Gasteiger partial charge < -0.3 is 15.0 Å². The van der Waals surface area contributed by atoms with Crippen LogP contribution in [0.25, 0.3) is 0 Å². The number of ether oxygens (including phenoxy) is 1. The molecule has 1 aliphatic carbocycles. The van der Waals surface area contributed by atoms with Crippen LogP contribution in [0, 0.1) is 5.92 Å². The Morgan fingerprint density at radius 1 is 1.15 bits per heavy atom. The van der Waals surface area contributed by atoms with E-state index in [-0.39, 0.29) is 29.8 Å². The van der Waals surface area contributed by atoms with Gasteiger partial charge in [-0.2, -0.15) is 0 Å². The van der Waals surface area contributed by atoms with Crippen LogP contribution in [-0.2, 0) is 14.3 Å². The van der Waals surface area contributed by atoms with Crippen molar-refractivity contribution in [2.75, 3.05) is 20.3 Å². The fourth-order valence-corrected chi connectivity index (χ4v) is 4.43. The highest BCUT2D eigenvalue weighted by molar-refractivity contribution is 5.85. The van der Waals surface area contributed by atoms with Crippen molar-refractivity contribution in [2.24, 2.45) is 5.92 Å². The van der Waals surface area contributed by atoms with Gasteiger partial charge >= 0.3 is 0 Å². The Labute approximate surface area is 156 Å². The summed E-state index contributed by atoms with van der Waals surface area (Å²) in [7, 11) is 1.63. The molecule has 3 rings (SSSR count). The van der Waals surface area contributed by atoms with Gasteiger partial charge in [0.05, 0.1) is 18.6 Å². The molecule has 26 heavy (non-hydrogen) atoms.